The summed E-state index contributed by atoms with van der Waals surface area (Å²) < 4.78 is 17.2. The van der Waals surface area contributed by atoms with Crippen molar-refractivity contribution in [1.82, 2.24) is 4.98 Å². The summed E-state index contributed by atoms with van der Waals surface area (Å²) in [6.45, 7) is 10.3. The second-order valence-electron chi connectivity index (χ2n) is 7.12. The van der Waals surface area contributed by atoms with Gasteiger partial charge in [0.25, 0.3) is 0 Å². The van der Waals surface area contributed by atoms with Crippen molar-refractivity contribution in [2.24, 2.45) is 5.92 Å². The Morgan fingerprint density at radius 1 is 1.29 bits per heavy atom. The number of hydrogen-bond donors (Lipinski definition) is 1. The largest absolute Gasteiger partial charge is 0.372 e. The second-order valence-corrected chi connectivity index (χ2v) is 12.2. The van der Waals surface area contributed by atoms with E-state index in [1.807, 2.05) is 19.9 Å². The predicted octanol–water partition coefficient (Wildman–Crippen LogP) is 4.12. The monoisotopic (exact) mass is 345 g/mol. The molecule has 0 unspecified atom stereocenters. The predicted molar refractivity (Wildman–Crippen MR) is 99.2 cm³/mol. The van der Waals surface area contributed by atoms with E-state index in [0.29, 0.717) is 11.3 Å². The van der Waals surface area contributed by atoms with E-state index in [0.717, 1.165) is 10.8 Å². The normalized spacial score (nSPS) is 13.5. The van der Waals surface area contributed by atoms with Crippen LogP contribution in [0.4, 0.5) is 0 Å². The Hall–Kier alpha value is -1.98. The number of aromatic nitrogens is 1. The van der Waals surface area contributed by atoms with Gasteiger partial charge in [0, 0.05) is 14.5 Å². The van der Waals surface area contributed by atoms with Crippen molar-refractivity contribution in [2.75, 3.05) is 0 Å². The second kappa shape index (κ2) is 7.28. The average molecular weight is 346 g/mol. The fourth-order valence-electron chi connectivity index (χ4n) is 2.47. The van der Waals surface area contributed by atoms with Crippen LogP contribution in [-0.2, 0) is 11.3 Å². The third kappa shape index (κ3) is 4.30. The molecule has 0 saturated heterocycles. The van der Waals surface area contributed by atoms with Gasteiger partial charge >= 0.3 is 5.97 Å². The van der Waals surface area contributed by atoms with Gasteiger partial charge in [-0.2, -0.15) is 5.26 Å². The van der Waals surface area contributed by atoms with Crippen molar-refractivity contribution >= 4 is 19.2 Å². The zero-order valence-electron chi connectivity index (χ0n) is 16.8. The van der Waals surface area contributed by atoms with Crippen LogP contribution < -0.4 is 5.19 Å². The van der Waals surface area contributed by atoms with E-state index in [-0.39, 0.29) is 11.5 Å². The van der Waals surface area contributed by atoms with Crippen LogP contribution in [0.5, 0.6) is 0 Å². The molecule has 128 valence electrons. The highest BCUT2D eigenvalue weighted by atomic mass is 28.3. The molecule has 1 N–H and O–H groups in total. The number of pyridine rings is 1. The summed E-state index contributed by atoms with van der Waals surface area (Å²) in [5.74, 6) is -0.995. The van der Waals surface area contributed by atoms with E-state index < -0.39 is 20.4 Å². The fraction of sp³-hybridized carbons (Fsp3) is 0.368. The summed E-state index contributed by atoms with van der Waals surface area (Å²) in [5.41, 5.74) is 2.33. The summed E-state index contributed by atoms with van der Waals surface area (Å²) in [6, 6.07) is 8.32. The maximum atomic E-state index is 11.3. The Morgan fingerprint density at radius 2 is 1.92 bits per heavy atom. The van der Waals surface area contributed by atoms with Crippen LogP contribution in [0.1, 0.15) is 32.5 Å². The number of rotatable bonds is 5. The maximum absolute atomic E-state index is 11.3. The highest BCUT2D eigenvalue weighted by Gasteiger charge is 2.21. The first kappa shape index (κ1) is 15.5. The Labute approximate surface area is 147 Å². The van der Waals surface area contributed by atoms with Gasteiger partial charge in [0.05, 0.1) is 19.3 Å². The van der Waals surface area contributed by atoms with Crippen LogP contribution in [0.2, 0.25) is 19.6 Å². The molecule has 0 amide bonds. The molecule has 0 spiro atoms. The summed E-state index contributed by atoms with van der Waals surface area (Å²) in [4.78, 5) is 19.6. The van der Waals surface area contributed by atoms with E-state index in [2.05, 4.69) is 29.5 Å². The summed E-state index contributed by atoms with van der Waals surface area (Å²) in [5, 5.41) is 9.47. The molecule has 0 atom stereocenters. The van der Waals surface area contributed by atoms with Gasteiger partial charge in [-0.1, -0.05) is 45.6 Å². The molecule has 0 radical (unpaired) electrons. The maximum Gasteiger partial charge on any atom is 0.372 e. The molecular weight excluding hydrogens is 318 g/mol. The number of hydrogen-bond acceptors (Lipinski definition) is 4. The van der Waals surface area contributed by atoms with Crippen LogP contribution >= 0.6 is 0 Å². The number of carbonyl (C=O) groups excluding carboxylic acids is 1. The zero-order chi connectivity index (χ0) is 19.7. The smallest absolute Gasteiger partial charge is 0.296 e. The van der Waals surface area contributed by atoms with Crippen LogP contribution in [-0.4, -0.2) is 24.3 Å². The SMILES string of the molecule is [2H]C([2H])(c1cc(-c2ccc(C(=O)OO)cc2)ncc1[Si](C)(C)C)C(C)C. The third-order valence-corrected chi connectivity index (χ3v) is 5.67. The van der Waals surface area contributed by atoms with Crippen molar-refractivity contribution in [3.05, 3.63) is 47.7 Å². The molecule has 24 heavy (non-hydrogen) atoms. The first-order valence-corrected chi connectivity index (χ1v) is 11.5. The summed E-state index contributed by atoms with van der Waals surface area (Å²) >= 11 is 0. The number of nitrogens with zero attached hydrogens (tertiary/aromatic N) is 1. The third-order valence-electron chi connectivity index (χ3n) is 3.66. The number of carbonyl (C=O) groups is 1. The molecule has 1 aromatic heterocycles. The van der Waals surface area contributed by atoms with Crippen molar-refractivity contribution in [1.29, 1.82) is 0 Å². The van der Waals surface area contributed by atoms with Gasteiger partial charge in [0.2, 0.25) is 0 Å². The molecule has 0 aliphatic rings. The lowest BCUT2D eigenvalue weighted by Crippen LogP contribution is -2.40. The quantitative estimate of drug-likeness (QED) is 0.503. The number of benzene rings is 1. The van der Waals surface area contributed by atoms with Gasteiger partial charge in [-0.25, -0.2) is 4.79 Å². The van der Waals surface area contributed by atoms with E-state index >= 15 is 0 Å². The van der Waals surface area contributed by atoms with Gasteiger partial charge in [-0.3, -0.25) is 9.87 Å². The van der Waals surface area contributed by atoms with Crippen molar-refractivity contribution in [3.63, 3.8) is 0 Å². The standard InChI is InChI=1S/C19H25NO3Si/c1-13(2)10-16-11-17(20-12-18(16)24(3,4)5)14-6-8-15(9-7-14)19(21)23-22/h6-9,11-13,22H,10H2,1-5H3/i10D2. The van der Waals surface area contributed by atoms with Gasteiger partial charge in [-0.05, 0) is 41.2 Å². The summed E-state index contributed by atoms with van der Waals surface area (Å²) in [7, 11) is -1.78. The van der Waals surface area contributed by atoms with Gasteiger partial charge in [0.15, 0.2) is 0 Å². The fourth-order valence-corrected chi connectivity index (χ4v) is 3.88. The zero-order valence-corrected chi connectivity index (χ0v) is 15.8. The van der Waals surface area contributed by atoms with Crippen LogP contribution in [0, 0.1) is 5.92 Å². The lowest BCUT2D eigenvalue weighted by Gasteiger charge is -2.22. The lowest BCUT2D eigenvalue weighted by atomic mass is 10.0. The molecule has 0 saturated carbocycles. The van der Waals surface area contributed by atoms with Crippen LogP contribution in [0.25, 0.3) is 11.3 Å². The molecule has 2 rings (SSSR count). The minimum absolute atomic E-state index is 0.172. The van der Waals surface area contributed by atoms with Gasteiger partial charge in [-0.15, -0.1) is 0 Å². The topological polar surface area (TPSA) is 59.4 Å². The van der Waals surface area contributed by atoms with Crippen molar-refractivity contribution in [2.45, 2.75) is 39.9 Å². The van der Waals surface area contributed by atoms with Crippen molar-refractivity contribution in [3.8, 4) is 11.3 Å². The van der Waals surface area contributed by atoms with Crippen LogP contribution in [0.15, 0.2) is 36.5 Å². The minimum Gasteiger partial charge on any atom is -0.296 e. The van der Waals surface area contributed by atoms with E-state index in [1.165, 1.54) is 0 Å². The highest BCUT2D eigenvalue weighted by molar-refractivity contribution is 6.89. The molecular formula is C19H25NO3Si. The molecule has 5 heteroatoms. The summed E-state index contributed by atoms with van der Waals surface area (Å²) in [6.07, 6.45) is 0.334. The van der Waals surface area contributed by atoms with Crippen molar-refractivity contribution < 1.29 is 17.7 Å². The molecule has 1 heterocycles. The average Bonchev–Trinajstić information content (AvgIpc) is 2.59. The Bertz CT molecular complexity index is 799. The van der Waals surface area contributed by atoms with E-state index in [1.54, 1.807) is 30.5 Å². The van der Waals surface area contributed by atoms with Gasteiger partial charge < -0.3 is 0 Å². The first-order chi connectivity index (χ1) is 12.0. The van der Waals surface area contributed by atoms with Gasteiger partial charge in [0.1, 0.15) is 0 Å². The molecule has 0 bridgehead atoms. The molecule has 4 nitrogen and oxygen atoms in total. The molecule has 0 fully saturated rings. The molecule has 1 aromatic carbocycles. The Kier molecular flexibility index (Phi) is 4.71. The van der Waals surface area contributed by atoms with E-state index in [9.17, 15) is 4.79 Å². The van der Waals surface area contributed by atoms with Crippen LogP contribution in [0.3, 0.4) is 0 Å². The minimum atomic E-state index is -1.78. The lowest BCUT2D eigenvalue weighted by molar-refractivity contribution is -0.182. The molecule has 0 aliphatic carbocycles. The Morgan fingerprint density at radius 3 is 2.42 bits per heavy atom. The van der Waals surface area contributed by atoms with E-state index in [4.69, 9.17) is 8.00 Å². The molecule has 2 aromatic rings. The highest BCUT2D eigenvalue weighted by Crippen LogP contribution is 2.21. The first-order valence-electron chi connectivity index (χ1n) is 8.95. The molecule has 0 aliphatic heterocycles. The Balaban J connectivity index is 2.57.